The normalized spacial score (nSPS) is 17.1. The number of hydrogen-bond acceptors (Lipinski definition) is 2. The van der Waals surface area contributed by atoms with Crippen LogP contribution in [0.2, 0.25) is 0 Å². The molecule has 2 heterocycles. The van der Waals surface area contributed by atoms with Gasteiger partial charge in [0.05, 0.1) is 17.4 Å². The third-order valence-electron chi connectivity index (χ3n) is 4.59. The van der Waals surface area contributed by atoms with Crippen LogP contribution >= 0.6 is 0 Å². The molecule has 1 aromatic carbocycles. The van der Waals surface area contributed by atoms with Gasteiger partial charge < -0.3 is 9.72 Å². The summed E-state index contributed by atoms with van der Waals surface area (Å²) in [5, 5.41) is 3.70. The third kappa shape index (κ3) is 1.92. The lowest BCUT2D eigenvalue weighted by Crippen LogP contribution is -2.08. The highest BCUT2D eigenvalue weighted by Crippen LogP contribution is 2.34. The summed E-state index contributed by atoms with van der Waals surface area (Å²) in [5.41, 5.74) is 7.35. The SMILES string of the molecule is Cc1nc2c(NC3CCc4ccccc43)cccn2c1C. The highest BCUT2D eigenvalue weighted by Gasteiger charge is 2.22. The summed E-state index contributed by atoms with van der Waals surface area (Å²) in [6.07, 6.45) is 4.39. The second-order valence-electron chi connectivity index (χ2n) is 5.83. The van der Waals surface area contributed by atoms with Gasteiger partial charge in [-0.3, -0.25) is 0 Å². The lowest BCUT2D eigenvalue weighted by atomic mass is 10.1. The van der Waals surface area contributed by atoms with Crippen LogP contribution in [-0.4, -0.2) is 9.38 Å². The molecule has 1 atom stereocenters. The topological polar surface area (TPSA) is 29.3 Å². The van der Waals surface area contributed by atoms with Gasteiger partial charge in [0.25, 0.3) is 0 Å². The second-order valence-corrected chi connectivity index (χ2v) is 5.83. The molecule has 4 rings (SSSR count). The molecule has 0 amide bonds. The number of imidazole rings is 1. The average Bonchev–Trinajstić information content (AvgIpc) is 3.03. The molecule has 3 nitrogen and oxygen atoms in total. The van der Waals surface area contributed by atoms with E-state index in [1.165, 1.54) is 16.8 Å². The molecule has 0 aliphatic heterocycles. The maximum Gasteiger partial charge on any atom is 0.160 e. The van der Waals surface area contributed by atoms with Crippen LogP contribution in [0.3, 0.4) is 0 Å². The first-order valence-electron chi connectivity index (χ1n) is 7.52. The molecule has 1 aliphatic rings. The Morgan fingerprint density at radius 1 is 1.14 bits per heavy atom. The zero-order valence-electron chi connectivity index (χ0n) is 12.4. The van der Waals surface area contributed by atoms with Crippen molar-refractivity contribution in [1.29, 1.82) is 0 Å². The zero-order chi connectivity index (χ0) is 14.4. The fourth-order valence-electron chi connectivity index (χ4n) is 3.31. The highest BCUT2D eigenvalue weighted by atomic mass is 15.1. The number of benzene rings is 1. The lowest BCUT2D eigenvalue weighted by molar-refractivity contribution is 0.762. The van der Waals surface area contributed by atoms with E-state index in [1.54, 1.807) is 0 Å². The van der Waals surface area contributed by atoms with E-state index in [0.29, 0.717) is 6.04 Å². The van der Waals surface area contributed by atoms with Gasteiger partial charge in [-0.25, -0.2) is 4.98 Å². The third-order valence-corrected chi connectivity index (χ3v) is 4.59. The minimum atomic E-state index is 0.393. The van der Waals surface area contributed by atoms with E-state index < -0.39 is 0 Å². The number of pyridine rings is 1. The molecule has 1 N–H and O–H groups in total. The van der Waals surface area contributed by atoms with Crippen LogP contribution in [0.25, 0.3) is 5.65 Å². The van der Waals surface area contributed by atoms with Gasteiger partial charge in [0.2, 0.25) is 0 Å². The van der Waals surface area contributed by atoms with Crippen molar-refractivity contribution >= 4 is 11.3 Å². The molecule has 0 bridgehead atoms. The van der Waals surface area contributed by atoms with Crippen LogP contribution in [0, 0.1) is 13.8 Å². The predicted molar refractivity (Wildman–Crippen MR) is 85.8 cm³/mol. The maximum atomic E-state index is 4.71. The van der Waals surface area contributed by atoms with E-state index in [-0.39, 0.29) is 0 Å². The van der Waals surface area contributed by atoms with Crippen molar-refractivity contribution in [2.75, 3.05) is 5.32 Å². The van der Waals surface area contributed by atoms with Crippen LogP contribution in [0.1, 0.15) is 35.0 Å². The maximum absolute atomic E-state index is 4.71. The largest absolute Gasteiger partial charge is 0.375 e. The fourth-order valence-corrected chi connectivity index (χ4v) is 3.31. The van der Waals surface area contributed by atoms with Crippen LogP contribution in [0.15, 0.2) is 42.6 Å². The van der Waals surface area contributed by atoms with Gasteiger partial charge in [-0.2, -0.15) is 0 Å². The first kappa shape index (κ1) is 12.5. The first-order chi connectivity index (χ1) is 10.2. The van der Waals surface area contributed by atoms with Crippen LogP contribution in [0.5, 0.6) is 0 Å². The Morgan fingerprint density at radius 3 is 2.90 bits per heavy atom. The van der Waals surface area contributed by atoms with E-state index in [4.69, 9.17) is 4.98 Å². The summed E-state index contributed by atoms with van der Waals surface area (Å²) in [6, 6.07) is 13.3. The summed E-state index contributed by atoms with van der Waals surface area (Å²) in [6.45, 7) is 4.18. The number of aromatic nitrogens is 2. The minimum Gasteiger partial charge on any atom is -0.375 e. The molecule has 2 aromatic heterocycles. The van der Waals surface area contributed by atoms with Gasteiger partial charge in [0, 0.05) is 11.9 Å². The minimum absolute atomic E-state index is 0.393. The van der Waals surface area contributed by atoms with Gasteiger partial charge in [0.1, 0.15) is 0 Å². The van der Waals surface area contributed by atoms with Gasteiger partial charge >= 0.3 is 0 Å². The molecule has 3 heteroatoms. The number of rotatable bonds is 2. The molecule has 0 fully saturated rings. The molecule has 1 aliphatic carbocycles. The van der Waals surface area contributed by atoms with Crippen LogP contribution in [0.4, 0.5) is 5.69 Å². The molecule has 0 spiro atoms. The molecule has 0 saturated carbocycles. The lowest BCUT2D eigenvalue weighted by Gasteiger charge is -2.16. The summed E-state index contributed by atoms with van der Waals surface area (Å²) in [4.78, 5) is 4.71. The van der Waals surface area contributed by atoms with Crippen LogP contribution in [-0.2, 0) is 6.42 Å². The number of fused-ring (bicyclic) bond motifs is 2. The van der Waals surface area contributed by atoms with Crippen molar-refractivity contribution in [3.63, 3.8) is 0 Å². The smallest absolute Gasteiger partial charge is 0.160 e. The molecular formula is C18H19N3. The Labute approximate surface area is 124 Å². The Bertz CT molecular complexity index is 816. The number of nitrogens with zero attached hydrogens (tertiary/aromatic N) is 2. The first-order valence-corrected chi connectivity index (χ1v) is 7.52. The van der Waals surface area contributed by atoms with E-state index in [1.807, 2.05) is 0 Å². The van der Waals surface area contributed by atoms with Gasteiger partial charge in [-0.1, -0.05) is 24.3 Å². The van der Waals surface area contributed by atoms with Crippen molar-refractivity contribution in [3.05, 3.63) is 65.1 Å². The zero-order valence-corrected chi connectivity index (χ0v) is 12.4. The number of hydrogen-bond donors (Lipinski definition) is 1. The molecule has 21 heavy (non-hydrogen) atoms. The second kappa shape index (κ2) is 4.62. The summed E-state index contributed by atoms with van der Waals surface area (Å²) < 4.78 is 2.17. The van der Waals surface area contributed by atoms with E-state index >= 15 is 0 Å². The predicted octanol–water partition coefficient (Wildman–Crippen LogP) is 4.05. The van der Waals surface area contributed by atoms with E-state index in [9.17, 15) is 0 Å². The summed E-state index contributed by atoms with van der Waals surface area (Å²) >= 11 is 0. The molecular weight excluding hydrogens is 258 g/mol. The van der Waals surface area contributed by atoms with Crippen molar-refractivity contribution in [1.82, 2.24) is 9.38 Å². The highest BCUT2D eigenvalue weighted by molar-refractivity contribution is 5.69. The number of nitrogens with one attached hydrogen (secondary N) is 1. The quantitative estimate of drug-likeness (QED) is 0.765. The van der Waals surface area contributed by atoms with Crippen molar-refractivity contribution < 1.29 is 0 Å². The van der Waals surface area contributed by atoms with Crippen molar-refractivity contribution in [2.24, 2.45) is 0 Å². The fraction of sp³-hybridized carbons (Fsp3) is 0.278. The standard InChI is InChI=1S/C18H19N3/c1-12-13(2)21-11-5-8-17(18(21)19-12)20-16-10-9-14-6-3-4-7-15(14)16/h3-8,11,16,20H,9-10H2,1-2H3. The van der Waals surface area contributed by atoms with E-state index in [2.05, 4.69) is 66.2 Å². The summed E-state index contributed by atoms with van der Waals surface area (Å²) in [7, 11) is 0. The molecule has 0 radical (unpaired) electrons. The number of anilines is 1. The summed E-state index contributed by atoms with van der Waals surface area (Å²) in [5.74, 6) is 0. The molecule has 0 saturated heterocycles. The molecule has 1 unspecified atom stereocenters. The molecule has 3 aromatic rings. The number of aryl methyl sites for hydroxylation is 3. The average molecular weight is 277 g/mol. The monoisotopic (exact) mass is 277 g/mol. The Hall–Kier alpha value is -2.29. The van der Waals surface area contributed by atoms with Gasteiger partial charge in [0.15, 0.2) is 5.65 Å². The van der Waals surface area contributed by atoms with Crippen molar-refractivity contribution in [3.8, 4) is 0 Å². The van der Waals surface area contributed by atoms with Crippen LogP contribution < -0.4 is 5.32 Å². The van der Waals surface area contributed by atoms with Crippen molar-refractivity contribution in [2.45, 2.75) is 32.7 Å². The van der Waals surface area contributed by atoms with Gasteiger partial charge in [-0.15, -0.1) is 0 Å². The van der Waals surface area contributed by atoms with E-state index in [0.717, 1.165) is 29.9 Å². The Kier molecular flexibility index (Phi) is 2.74. The molecule has 106 valence electrons. The van der Waals surface area contributed by atoms with Gasteiger partial charge in [-0.05, 0) is 49.9 Å². The Balaban J connectivity index is 1.74. The Morgan fingerprint density at radius 2 is 2.00 bits per heavy atom.